The molecule has 3 N–H and O–H groups in total. The number of ether oxygens (including phenoxy) is 2. The molecule has 1 aliphatic heterocycles. The van der Waals surface area contributed by atoms with Crippen LogP contribution in [-0.2, 0) is 18.6 Å². The highest BCUT2D eigenvalue weighted by molar-refractivity contribution is 7.32. The molecule has 5 atom stereocenters. The molecule has 1 saturated heterocycles. The Morgan fingerprint density at radius 3 is 2.69 bits per heavy atom. The molecule has 2 rings (SSSR count). The van der Waals surface area contributed by atoms with Gasteiger partial charge in [-0.15, -0.1) is 9.42 Å². The molecular weight excluding hydrogens is 367 g/mol. The van der Waals surface area contributed by atoms with Gasteiger partial charge in [-0.1, -0.05) is 26.2 Å². The number of rotatable bonds is 10. The topological polar surface area (TPSA) is 140 Å². The Labute approximate surface area is 150 Å². The lowest BCUT2D eigenvalue weighted by atomic mass is 10.1. The van der Waals surface area contributed by atoms with E-state index in [0.717, 1.165) is 36.3 Å². The molecule has 0 amide bonds. The molecule has 11 heteroatoms. The third-order valence-corrected chi connectivity index (χ3v) is 4.53. The van der Waals surface area contributed by atoms with Gasteiger partial charge in [-0.25, -0.2) is 4.79 Å². The number of hydrogen-bond acceptors (Lipinski definition) is 7. The lowest BCUT2D eigenvalue weighted by molar-refractivity contribution is -0.0744. The molecular formula is C15H24N2O8P+. The monoisotopic (exact) mass is 391 g/mol. The van der Waals surface area contributed by atoms with Gasteiger partial charge in [-0.3, -0.25) is 14.3 Å². The minimum absolute atomic E-state index is 0.336. The molecule has 10 nitrogen and oxygen atoms in total. The van der Waals surface area contributed by atoms with Crippen LogP contribution in [0.2, 0.25) is 0 Å². The molecule has 3 unspecified atom stereocenters. The first-order valence-corrected chi connectivity index (χ1v) is 9.63. The van der Waals surface area contributed by atoms with E-state index in [4.69, 9.17) is 18.9 Å². The Balaban J connectivity index is 2.23. The maximum atomic E-state index is 12.1. The zero-order valence-corrected chi connectivity index (χ0v) is 15.3. The summed E-state index contributed by atoms with van der Waals surface area (Å²) in [7, 11) is -2.96. The molecule has 1 aliphatic rings. The van der Waals surface area contributed by atoms with E-state index in [9.17, 15) is 19.3 Å². The molecule has 0 aliphatic carbocycles. The van der Waals surface area contributed by atoms with Crippen molar-refractivity contribution in [2.24, 2.45) is 0 Å². The highest BCUT2D eigenvalue weighted by atomic mass is 31.1. The number of aliphatic hydroxyl groups is 1. The first-order chi connectivity index (χ1) is 12.5. The molecule has 0 bridgehead atoms. The second kappa shape index (κ2) is 10.1. The van der Waals surface area contributed by atoms with Crippen LogP contribution in [0.15, 0.2) is 21.9 Å². The number of aliphatic hydroxyl groups excluding tert-OH is 1. The minimum Gasteiger partial charge on any atom is -0.394 e. The van der Waals surface area contributed by atoms with Gasteiger partial charge in [-0.2, -0.15) is 0 Å². The Morgan fingerprint density at radius 2 is 2.08 bits per heavy atom. The lowest BCUT2D eigenvalue weighted by Crippen LogP contribution is -2.40. The molecule has 0 radical (unpaired) electrons. The van der Waals surface area contributed by atoms with E-state index in [1.54, 1.807) is 0 Å². The average molecular weight is 391 g/mol. The molecule has 2 heterocycles. The van der Waals surface area contributed by atoms with E-state index >= 15 is 0 Å². The second-order valence-electron chi connectivity index (χ2n) is 5.97. The summed E-state index contributed by atoms with van der Waals surface area (Å²) in [4.78, 5) is 34.6. The van der Waals surface area contributed by atoms with Crippen molar-refractivity contribution in [2.75, 3.05) is 13.2 Å². The maximum absolute atomic E-state index is 12.1. The van der Waals surface area contributed by atoms with Crippen molar-refractivity contribution >= 4 is 8.25 Å². The van der Waals surface area contributed by atoms with Crippen molar-refractivity contribution in [1.82, 2.24) is 9.55 Å². The largest absolute Gasteiger partial charge is 0.695 e. The van der Waals surface area contributed by atoms with E-state index < -0.39 is 50.7 Å². The van der Waals surface area contributed by atoms with Gasteiger partial charge in [0.15, 0.2) is 12.3 Å². The van der Waals surface area contributed by atoms with E-state index in [2.05, 4.69) is 11.9 Å². The van der Waals surface area contributed by atoms with Gasteiger partial charge in [0.05, 0.1) is 6.61 Å². The van der Waals surface area contributed by atoms with E-state index in [1.165, 1.54) is 6.20 Å². The van der Waals surface area contributed by atoms with Crippen LogP contribution in [0.4, 0.5) is 0 Å². The van der Waals surface area contributed by atoms with Gasteiger partial charge >= 0.3 is 13.9 Å². The van der Waals surface area contributed by atoms with Gasteiger partial charge in [0, 0.05) is 23.4 Å². The summed E-state index contributed by atoms with van der Waals surface area (Å²) in [5.74, 6) is 0. The third kappa shape index (κ3) is 5.29. The molecule has 0 aromatic carbocycles. The number of aromatic amines is 1. The smallest absolute Gasteiger partial charge is 0.394 e. The summed E-state index contributed by atoms with van der Waals surface area (Å²) in [6, 6.07) is 1.15. The van der Waals surface area contributed by atoms with Gasteiger partial charge in [-0.05, 0) is 6.42 Å². The molecule has 146 valence electrons. The number of hydrogen-bond donors (Lipinski definition) is 3. The summed E-state index contributed by atoms with van der Waals surface area (Å²) >= 11 is 0. The van der Waals surface area contributed by atoms with Crippen LogP contribution in [0.1, 0.15) is 38.8 Å². The normalized spacial score (nSPS) is 26.2. The summed E-state index contributed by atoms with van der Waals surface area (Å²) in [5, 5.41) is 9.50. The fourth-order valence-electron chi connectivity index (χ4n) is 2.86. The van der Waals surface area contributed by atoms with Crippen molar-refractivity contribution in [2.45, 2.75) is 57.1 Å². The Bertz CT molecular complexity index is 705. The van der Waals surface area contributed by atoms with Gasteiger partial charge < -0.3 is 14.6 Å². The fraction of sp³-hybridized carbons (Fsp3) is 0.733. The molecule has 0 spiro atoms. The molecule has 26 heavy (non-hydrogen) atoms. The number of nitrogens with one attached hydrogen (secondary N) is 1. The highest BCUT2D eigenvalue weighted by Gasteiger charge is 2.51. The second-order valence-corrected chi connectivity index (χ2v) is 6.66. The zero-order chi connectivity index (χ0) is 19.1. The quantitative estimate of drug-likeness (QED) is 0.385. The van der Waals surface area contributed by atoms with Crippen LogP contribution in [0.25, 0.3) is 0 Å². The lowest BCUT2D eigenvalue weighted by Gasteiger charge is -2.22. The summed E-state index contributed by atoms with van der Waals surface area (Å²) in [6.07, 6.45) is 1.17. The van der Waals surface area contributed by atoms with Crippen LogP contribution < -0.4 is 11.2 Å². The standard InChI is InChI=1S/C15H23N2O8P/c1-2-3-4-5-8-23-13-12(25-26(21)22)10(9-18)24-14(13)17-7-6-11(19)16-15(17)20/h6-7,10,12-14,18H,2-5,8-9H2,1H3,(H-,16,19,20,21,22)/p+1/t10-,12?,13?,14-/m1/s1. The summed E-state index contributed by atoms with van der Waals surface area (Å²) < 4.78 is 28.7. The molecule has 1 fully saturated rings. The number of nitrogens with zero attached hydrogens (tertiary/aromatic N) is 1. The number of H-pyrrole nitrogens is 1. The fourth-order valence-corrected chi connectivity index (χ4v) is 3.33. The van der Waals surface area contributed by atoms with Crippen LogP contribution in [0, 0.1) is 0 Å². The van der Waals surface area contributed by atoms with Crippen LogP contribution in [0.5, 0.6) is 0 Å². The predicted molar refractivity (Wildman–Crippen MR) is 90.9 cm³/mol. The third-order valence-electron chi connectivity index (χ3n) is 4.11. The first-order valence-electron chi connectivity index (χ1n) is 8.50. The van der Waals surface area contributed by atoms with Crippen molar-refractivity contribution < 1.29 is 28.6 Å². The minimum atomic E-state index is -2.96. The van der Waals surface area contributed by atoms with Crippen LogP contribution in [0.3, 0.4) is 0 Å². The van der Waals surface area contributed by atoms with Crippen molar-refractivity contribution in [3.63, 3.8) is 0 Å². The van der Waals surface area contributed by atoms with Crippen molar-refractivity contribution in [3.05, 3.63) is 33.1 Å². The van der Waals surface area contributed by atoms with Crippen LogP contribution >= 0.6 is 8.25 Å². The zero-order valence-electron chi connectivity index (χ0n) is 14.4. The van der Waals surface area contributed by atoms with Gasteiger partial charge in [0.2, 0.25) is 0 Å². The van der Waals surface area contributed by atoms with Gasteiger partial charge in [0.1, 0.15) is 12.2 Å². The Kier molecular flexibility index (Phi) is 8.08. The maximum Gasteiger partial charge on any atom is 0.695 e. The molecule has 1 aromatic rings. The van der Waals surface area contributed by atoms with Crippen molar-refractivity contribution in [1.29, 1.82) is 0 Å². The molecule has 1 aromatic heterocycles. The van der Waals surface area contributed by atoms with Crippen LogP contribution in [-0.4, -0.2) is 51.1 Å². The predicted octanol–water partition coefficient (Wildman–Crippen LogP) is 0.427. The van der Waals surface area contributed by atoms with Crippen molar-refractivity contribution in [3.8, 4) is 0 Å². The average Bonchev–Trinajstić information content (AvgIpc) is 2.91. The van der Waals surface area contributed by atoms with E-state index in [0.29, 0.717) is 6.61 Å². The highest BCUT2D eigenvalue weighted by Crippen LogP contribution is 2.37. The first kappa shape index (κ1) is 20.9. The molecule has 0 saturated carbocycles. The summed E-state index contributed by atoms with van der Waals surface area (Å²) in [5.41, 5.74) is -1.28. The van der Waals surface area contributed by atoms with Gasteiger partial charge in [0.25, 0.3) is 5.56 Å². The Morgan fingerprint density at radius 1 is 1.31 bits per heavy atom. The number of aromatic nitrogens is 2. The van der Waals surface area contributed by atoms with E-state index in [1.807, 2.05) is 0 Å². The summed E-state index contributed by atoms with van der Waals surface area (Å²) in [6.45, 7) is 1.93. The van der Waals surface area contributed by atoms with E-state index in [-0.39, 0.29) is 0 Å². The SMILES string of the molecule is CCCCCCOC1C(O[P+](=O)O)[C@@H](CO)O[C@H]1n1ccc(=O)[nH]c1=O. The Hall–Kier alpha value is -1.42. The number of unbranched alkanes of at least 4 members (excludes halogenated alkanes) is 3.